The number of primary amides is 1. The van der Waals surface area contributed by atoms with Crippen molar-refractivity contribution in [3.8, 4) is 0 Å². The first kappa shape index (κ1) is 26.0. The summed E-state index contributed by atoms with van der Waals surface area (Å²) in [7, 11) is -9.07. The van der Waals surface area contributed by atoms with Gasteiger partial charge < -0.3 is 19.7 Å². The molecule has 12 nitrogen and oxygen atoms in total. The van der Waals surface area contributed by atoms with Crippen molar-refractivity contribution in [2.24, 2.45) is 10.8 Å². The van der Waals surface area contributed by atoms with Crippen molar-refractivity contribution in [1.29, 1.82) is 0 Å². The van der Waals surface area contributed by atoms with Gasteiger partial charge in [-0.05, 0) is 0 Å². The molecule has 0 aromatic carbocycles. The number of hydrazone groups is 1. The Morgan fingerprint density at radius 2 is 1.88 bits per heavy atom. The Kier molecular flexibility index (Phi) is 8.54. The van der Waals surface area contributed by atoms with Crippen LogP contribution in [-0.2, 0) is 25.0 Å². The maximum absolute atomic E-state index is 12.0. The molecule has 2 unspecified atom stereocenters. The zero-order valence-electron chi connectivity index (χ0n) is 14.1. The third-order valence-corrected chi connectivity index (χ3v) is 6.53. The molecular weight excluding hydrogens is 414 g/mol. The molecule has 0 saturated carbocycles. The summed E-state index contributed by atoms with van der Waals surface area (Å²) in [6, 6.07) is -1.13. The summed E-state index contributed by atoms with van der Waals surface area (Å²) >= 11 is 0. The quantitative estimate of drug-likeness (QED) is 0.249. The molecule has 1 aliphatic carbocycles. The van der Waals surface area contributed by atoms with Crippen LogP contribution in [0.1, 0.15) is 12.8 Å². The van der Waals surface area contributed by atoms with Gasteiger partial charge in [-0.25, -0.2) is 27.1 Å². The van der Waals surface area contributed by atoms with Crippen molar-refractivity contribution in [2.75, 3.05) is 7.05 Å². The second kappa shape index (κ2) is 8.55. The van der Waals surface area contributed by atoms with E-state index in [0.717, 1.165) is 11.9 Å². The summed E-state index contributed by atoms with van der Waals surface area (Å²) < 4.78 is 67.0. The number of allylic oxidation sites excluding steroid dienone is 1. The molecule has 0 aromatic heterocycles. The average molecular weight is 426 g/mol. The summed E-state index contributed by atoms with van der Waals surface area (Å²) in [6.07, 6.45) is -0.929. The van der Waals surface area contributed by atoms with E-state index in [-0.39, 0.29) is 59.1 Å². The minimum absolute atomic E-state index is 0. The molecule has 1 saturated heterocycles. The Bertz CT molecular complexity index is 885. The van der Waals surface area contributed by atoms with E-state index in [2.05, 4.69) is 5.10 Å². The standard InChI is InChI=1S/C10H14N4O8S2.2Na/c1-14-7-2-6(15)5(12-13-9(11)16)3-10(7,24(20,21)22)4-8(14)23(17,18)19;;/h2,8H,3-4H2,1H3,(H3,11,13,16)(H,17,18,19)(H,20,21,22);;/q;2*+1/p-2/b12-5-;;. The van der Waals surface area contributed by atoms with Crippen LogP contribution in [0.4, 0.5) is 4.79 Å². The fraction of sp³-hybridized carbons (Fsp3) is 0.500. The van der Waals surface area contributed by atoms with Gasteiger partial charge in [-0.3, -0.25) is 4.79 Å². The Labute approximate surface area is 193 Å². The van der Waals surface area contributed by atoms with E-state index in [9.17, 15) is 35.5 Å². The fourth-order valence-corrected chi connectivity index (χ4v) is 5.02. The van der Waals surface area contributed by atoms with Crippen LogP contribution in [0.5, 0.6) is 0 Å². The van der Waals surface area contributed by atoms with Crippen LogP contribution in [0.15, 0.2) is 16.9 Å². The zero-order chi connectivity index (χ0) is 18.5. The first-order valence-electron chi connectivity index (χ1n) is 6.31. The summed E-state index contributed by atoms with van der Waals surface area (Å²) in [5.41, 5.74) is 5.62. The van der Waals surface area contributed by atoms with Crippen LogP contribution >= 0.6 is 0 Å². The Hall–Kier alpha value is -0.0300. The first-order chi connectivity index (χ1) is 10.8. The van der Waals surface area contributed by atoms with Gasteiger partial charge in [-0.15, -0.1) is 0 Å². The Morgan fingerprint density at radius 1 is 1.35 bits per heavy atom. The molecule has 2 atom stereocenters. The van der Waals surface area contributed by atoms with E-state index in [1.807, 2.05) is 0 Å². The van der Waals surface area contributed by atoms with Crippen molar-refractivity contribution in [3.05, 3.63) is 11.8 Å². The molecule has 16 heteroatoms. The number of amides is 2. The van der Waals surface area contributed by atoms with E-state index in [1.165, 1.54) is 0 Å². The maximum Gasteiger partial charge on any atom is 1.00 e. The number of fused-ring (bicyclic) bond motifs is 1. The number of carbonyl (C=O) groups excluding carboxylic acids is 2. The van der Waals surface area contributed by atoms with Gasteiger partial charge in [-0.2, -0.15) is 5.10 Å². The Morgan fingerprint density at radius 3 is 2.31 bits per heavy atom. The van der Waals surface area contributed by atoms with Crippen LogP contribution in [0.3, 0.4) is 0 Å². The number of nitrogens with zero attached hydrogens (tertiary/aromatic N) is 2. The van der Waals surface area contributed by atoms with E-state index < -0.39 is 66.4 Å². The van der Waals surface area contributed by atoms with E-state index in [1.54, 1.807) is 5.43 Å². The second-order valence-corrected chi connectivity index (χ2v) is 8.54. The first-order valence-corrected chi connectivity index (χ1v) is 9.19. The molecule has 134 valence electrons. The van der Waals surface area contributed by atoms with Crippen LogP contribution < -0.4 is 70.3 Å². The van der Waals surface area contributed by atoms with Gasteiger partial charge in [0.1, 0.15) is 36.1 Å². The summed E-state index contributed by atoms with van der Waals surface area (Å²) in [4.78, 5) is 23.4. The third kappa shape index (κ3) is 4.68. The zero-order valence-corrected chi connectivity index (χ0v) is 19.8. The van der Waals surface area contributed by atoms with Crippen molar-refractivity contribution in [1.82, 2.24) is 10.3 Å². The molecule has 1 aliphatic heterocycles. The molecule has 2 rings (SSSR count). The number of rotatable bonds is 3. The predicted molar refractivity (Wildman–Crippen MR) is 76.2 cm³/mol. The normalized spacial score (nSPS) is 27.1. The Balaban J connectivity index is 0.00000312. The molecule has 0 radical (unpaired) electrons. The van der Waals surface area contributed by atoms with Gasteiger partial charge in [0.25, 0.3) is 0 Å². The van der Waals surface area contributed by atoms with Crippen LogP contribution in [0.25, 0.3) is 0 Å². The molecule has 2 amide bonds. The molecule has 26 heavy (non-hydrogen) atoms. The summed E-state index contributed by atoms with van der Waals surface area (Å²) in [6.45, 7) is 0. The van der Waals surface area contributed by atoms with Crippen molar-refractivity contribution in [2.45, 2.75) is 23.0 Å². The van der Waals surface area contributed by atoms with E-state index in [4.69, 9.17) is 5.73 Å². The molecule has 1 heterocycles. The van der Waals surface area contributed by atoms with Crippen molar-refractivity contribution >= 4 is 37.8 Å². The van der Waals surface area contributed by atoms with Gasteiger partial charge in [0, 0.05) is 31.7 Å². The fourth-order valence-electron chi connectivity index (χ4n) is 2.79. The second-order valence-electron chi connectivity index (χ2n) is 5.32. The maximum atomic E-state index is 12.0. The van der Waals surface area contributed by atoms with Crippen molar-refractivity contribution < 1.29 is 94.6 Å². The molecule has 3 N–H and O–H groups in total. The third-order valence-electron chi connectivity index (χ3n) is 3.90. The molecule has 1 fully saturated rings. The number of urea groups is 1. The number of hydrogen-bond acceptors (Lipinski definition) is 10. The number of ketones is 1. The van der Waals surface area contributed by atoms with E-state index in [0.29, 0.717) is 6.08 Å². The number of likely N-dealkylation sites (tertiary alicyclic amines) is 1. The minimum Gasteiger partial charge on any atom is -0.747 e. The van der Waals surface area contributed by atoms with Gasteiger partial charge in [-0.1, -0.05) is 0 Å². The number of carbonyl (C=O) groups is 2. The average Bonchev–Trinajstić information content (AvgIpc) is 2.70. The monoisotopic (exact) mass is 426 g/mol. The van der Waals surface area contributed by atoms with E-state index >= 15 is 0 Å². The van der Waals surface area contributed by atoms with Crippen molar-refractivity contribution in [3.63, 3.8) is 0 Å². The predicted octanol–water partition coefficient (Wildman–Crippen LogP) is -8.63. The number of nitrogens with one attached hydrogen (secondary N) is 1. The topological polar surface area (TPSA) is 202 Å². The number of hydrogen-bond donors (Lipinski definition) is 2. The largest absolute Gasteiger partial charge is 1.00 e. The molecule has 0 aromatic rings. The molecule has 0 bridgehead atoms. The number of nitrogens with two attached hydrogens (primary N) is 1. The summed E-state index contributed by atoms with van der Waals surface area (Å²) in [5.74, 6) is -0.853. The van der Waals surface area contributed by atoms with Crippen LogP contribution in [-0.4, -0.2) is 65.5 Å². The smallest absolute Gasteiger partial charge is 0.747 e. The SMILES string of the molecule is CN1C2=CC(=O)/C(=N\NC(N)=O)CC2(S(=O)(=O)[O-])CC1S(=O)(=O)[O-].[Na+].[Na+]. The van der Waals surface area contributed by atoms with Gasteiger partial charge in [0.05, 0.1) is 0 Å². The molecule has 2 aliphatic rings. The van der Waals surface area contributed by atoms with Gasteiger partial charge >= 0.3 is 65.1 Å². The van der Waals surface area contributed by atoms with Gasteiger partial charge in [0.15, 0.2) is 0 Å². The summed E-state index contributed by atoms with van der Waals surface area (Å²) in [5, 5.41) is 1.51. The molecule has 0 spiro atoms. The molecular formula is C10H12N4Na2O8S2. The van der Waals surface area contributed by atoms with Gasteiger partial charge in [0.2, 0.25) is 5.78 Å². The minimum atomic E-state index is -5.19. The van der Waals surface area contributed by atoms with Crippen LogP contribution in [0, 0.1) is 0 Å². The van der Waals surface area contributed by atoms with Crippen LogP contribution in [0.2, 0.25) is 0 Å².